The second-order valence-corrected chi connectivity index (χ2v) is 6.28. The van der Waals surface area contributed by atoms with Gasteiger partial charge in [-0.3, -0.25) is 4.79 Å². The zero-order chi connectivity index (χ0) is 16.7. The number of aldehydes is 1. The second-order valence-electron chi connectivity index (χ2n) is 6.28. The van der Waals surface area contributed by atoms with Crippen LogP contribution in [0.5, 0.6) is 0 Å². The van der Waals surface area contributed by atoms with Crippen LogP contribution in [-0.2, 0) is 0 Å². The van der Waals surface area contributed by atoms with E-state index in [4.69, 9.17) is 0 Å². The van der Waals surface area contributed by atoms with Gasteiger partial charge in [-0.1, -0.05) is 66.7 Å². The Morgan fingerprint density at radius 3 is 2.17 bits per heavy atom. The van der Waals surface area contributed by atoms with Crippen molar-refractivity contribution in [2.24, 2.45) is 0 Å². The third-order valence-electron chi connectivity index (χ3n) is 4.86. The molecule has 0 atom stereocenters. The summed E-state index contributed by atoms with van der Waals surface area (Å²) in [4.78, 5) is 11.9. The van der Waals surface area contributed by atoms with Gasteiger partial charge in [0.25, 0.3) is 0 Å². The third kappa shape index (κ3) is 2.13. The first-order chi connectivity index (χ1) is 11.7. The topological polar surface area (TPSA) is 17.1 Å². The fraction of sp³-hybridized carbons (Fsp3) is 0.0870. The molecule has 0 fully saturated rings. The minimum Gasteiger partial charge on any atom is -0.298 e. The van der Waals surface area contributed by atoms with E-state index in [-0.39, 0.29) is 0 Å². The van der Waals surface area contributed by atoms with Gasteiger partial charge in [-0.2, -0.15) is 0 Å². The molecule has 4 aromatic rings. The summed E-state index contributed by atoms with van der Waals surface area (Å²) in [7, 11) is 0. The Bertz CT molecular complexity index is 1090. The summed E-state index contributed by atoms with van der Waals surface area (Å²) in [5, 5.41) is 4.59. The highest BCUT2D eigenvalue weighted by atomic mass is 16.1. The number of aryl methyl sites for hydroxylation is 2. The molecule has 116 valence electrons. The molecular weight excluding hydrogens is 292 g/mol. The lowest BCUT2D eigenvalue weighted by Crippen LogP contribution is -1.96. The van der Waals surface area contributed by atoms with Crippen LogP contribution in [0.25, 0.3) is 32.7 Å². The Balaban J connectivity index is 2.12. The van der Waals surface area contributed by atoms with Crippen LogP contribution in [0.15, 0.2) is 66.7 Å². The fourth-order valence-corrected chi connectivity index (χ4v) is 3.76. The van der Waals surface area contributed by atoms with E-state index in [1.165, 1.54) is 27.5 Å². The van der Waals surface area contributed by atoms with Crippen LogP contribution >= 0.6 is 0 Å². The summed E-state index contributed by atoms with van der Waals surface area (Å²) >= 11 is 0. The van der Waals surface area contributed by atoms with E-state index < -0.39 is 0 Å². The molecule has 0 amide bonds. The fourth-order valence-electron chi connectivity index (χ4n) is 3.76. The molecule has 0 saturated carbocycles. The van der Waals surface area contributed by atoms with Gasteiger partial charge in [-0.25, -0.2) is 0 Å². The van der Waals surface area contributed by atoms with Crippen LogP contribution in [0.4, 0.5) is 0 Å². The van der Waals surface area contributed by atoms with Gasteiger partial charge in [0.15, 0.2) is 6.29 Å². The van der Waals surface area contributed by atoms with Gasteiger partial charge in [0.2, 0.25) is 0 Å². The van der Waals surface area contributed by atoms with E-state index >= 15 is 0 Å². The first-order valence-corrected chi connectivity index (χ1v) is 8.17. The first kappa shape index (κ1) is 14.6. The second kappa shape index (κ2) is 5.61. The number of fused-ring (bicyclic) bond motifs is 2. The zero-order valence-electron chi connectivity index (χ0n) is 13.8. The van der Waals surface area contributed by atoms with Crippen LogP contribution in [0.2, 0.25) is 0 Å². The minimum atomic E-state index is 0.773. The first-order valence-electron chi connectivity index (χ1n) is 8.17. The summed E-state index contributed by atoms with van der Waals surface area (Å²) in [5.74, 6) is 0. The van der Waals surface area contributed by atoms with Crippen molar-refractivity contribution in [3.8, 4) is 11.1 Å². The number of hydrogen-bond acceptors (Lipinski definition) is 1. The van der Waals surface area contributed by atoms with Crippen molar-refractivity contribution < 1.29 is 4.79 Å². The summed E-state index contributed by atoms with van der Waals surface area (Å²) in [6.07, 6.45) is 0.992. The van der Waals surface area contributed by atoms with Crippen molar-refractivity contribution in [1.82, 2.24) is 0 Å². The van der Waals surface area contributed by atoms with Crippen molar-refractivity contribution in [3.63, 3.8) is 0 Å². The molecule has 4 aromatic carbocycles. The van der Waals surface area contributed by atoms with Gasteiger partial charge in [0.05, 0.1) is 0 Å². The smallest absolute Gasteiger partial charge is 0.151 e. The van der Waals surface area contributed by atoms with E-state index in [2.05, 4.69) is 56.3 Å². The van der Waals surface area contributed by atoms with Crippen LogP contribution in [0, 0.1) is 13.8 Å². The van der Waals surface area contributed by atoms with Crippen LogP contribution in [-0.4, -0.2) is 6.29 Å². The molecule has 0 unspecified atom stereocenters. The number of carbonyl (C=O) groups is 1. The Morgan fingerprint density at radius 2 is 1.42 bits per heavy atom. The standard InChI is InChI=1S/C23H18O/c1-15-13-18-8-4-5-9-19(18)16(2)23(15)21-12-11-17-7-3-6-10-20(17)22(21)14-24/h3-14H,1-2H3. The zero-order valence-corrected chi connectivity index (χ0v) is 13.8. The molecule has 0 aliphatic heterocycles. The quantitative estimate of drug-likeness (QED) is 0.409. The molecule has 0 saturated heterocycles. The number of rotatable bonds is 2. The molecule has 4 rings (SSSR count). The highest BCUT2D eigenvalue weighted by Gasteiger charge is 2.15. The normalized spacial score (nSPS) is 11.1. The predicted octanol–water partition coefficient (Wildman–Crippen LogP) is 6.09. The molecule has 0 aliphatic rings. The predicted molar refractivity (Wildman–Crippen MR) is 102 cm³/mol. The van der Waals surface area contributed by atoms with Gasteiger partial charge in [0.1, 0.15) is 0 Å². The molecule has 0 heterocycles. The monoisotopic (exact) mass is 310 g/mol. The lowest BCUT2D eigenvalue weighted by Gasteiger charge is -2.16. The molecule has 1 heteroatoms. The van der Waals surface area contributed by atoms with Gasteiger partial charge in [0, 0.05) is 5.56 Å². The van der Waals surface area contributed by atoms with Crippen molar-refractivity contribution in [1.29, 1.82) is 0 Å². The average Bonchev–Trinajstić information content (AvgIpc) is 2.61. The largest absolute Gasteiger partial charge is 0.298 e. The van der Waals surface area contributed by atoms with Gasteiger partial charge >= 0.3 is 0 Å². The number of benzene rings is 4. The summed E-state index contributed by atoms with van der Waals surface area (Å²) in [6, 6.07) is 22.9. The maximum atomic E-state index is 11.9. The Hall–Kier alpha value is -2.93. The summed E-state index contributed by atoms with van der Waals surface area (Å²) < 4.78 is 0. The highest BCUT2D eigenvalue weighted by Crippen LogP contribution is 2.36. The average molecular weight is 310 g/mol. The van der Waals surface area contributed by atoms with Crippen molar-refractivity contribution in [2.75, 3.05) is 0 Å². The maximum absolute atomic E-state index is 11.9. The molecule has 0 bridgehead atoms. The Labute approximate surface area is 141 Å². The Kier molecular flexibility index (Phi) is 3.42. The van der Waals surface area contributed by atoms with E-state index in [9.17, 15) is 4.79 Å². The molecule has 0 radical (unpaired) electrons. The maximum Gasteiger partial charge on any atom is 0.151 e. The van der Waals surface area contributed by atoms with E-state index in [0.717, 1.165) is 28.2 Å². The lowest BCUT2D eigenvalue weighted by atomic mass is 9.87. The van der Waals surface area contributed by atoms with Gasteiger partial charge in [-0.15, -0.1) is 0 Å². The SMILES string of the molecule is Cc1cc2ccccc2c(C)c1-c1ccc2ccccc2c1C=O. The molecular formula is C23H18O. The summed E-state index contributed by atoms with van der Waals surface area (Å²) in [5.41, 5.74) is 5.38. The third-order valence-corrected chi connectivity index (χ3v) is 4.86. The molecule has 0 N–H and O–H groups in total. The van der Waals surface area contributed by atoms with Crippen molar-refractivity contribution in [2.45, 2.75) is 13.8 Å². The molecule has 0 spiro atoms. The van der Waals surface area contributed by atoms with Crippen LogP contribution in [0.1, 0.15) is 21.5 Å². The molecule has 1 nitrogen and oxygen atoms in total. The van der Waals surface area contributed by atoms with Crippen molar-refractivity contribution in [3.05, 3.63) is 83.4 Å². The van der Waals surface area contributed by atoms with Crippen molar-refractivity contribution >= 4 is 27.8 Å². The number of hydrogen-bond donors (Lipinski definition) is 0. The highest BCUT2D eigenvalue weighted by molar-refractivity contribution is 6.06. The van der Waals surface area contributed by atoms with E-state index in [1.807, 2.05) is 24.3 Å². The molecule has 0 aromatic heterocycles. The Morgan fingerprint density at radius 1 is 0.750 bits per heavy atom. The molecule has 24 heavy (non-hydrogen) atoms. The lowest BCUT2D eigenvalue weighted by molar-refractivity contribution is 0.112. The van der Waals surface area contributed by atoms with Gasteiger partial charge < -0.3 is 0 Å². The molecule has 0 aliphatic carbocycles. The van der Waals surface area contributed by atoms with Crippen LogP contribution in [0.3, 0.4) is 0 Å². The van der Waals surface area contributed by atoms with E-state index in [0.29, 0.717) is 0 Å². The van der Waals surface area contributed by atoms with E-state index in [1.54, 1.807) is 0 Å². The minimum absolute atomic E-state index is 0.773. The number of carbonyl (C=O) groups excluding carboxylic acids is 1. The summed E-state index contributed by atoms with van der Waals surface area (Å²) in [6.45, 7) is 4.27. The van der Waals surface area contributed by atoms with Crippen LogP contribution < -0.4 is 0 Å². The van der Waals surface area contributed by atoms with Gasteiger partial charge in [-0.05, 0) is 57.6 Å².